The lowest BCUT2D eigenvalue weighted by atomic mass is 10.0. The SMILES string of the molecule is CC(N)C(=O)NC(Cc1c[nH]c2ccccc12)C(=O)NC(Cc1cnc[nH]1)C(=O)NC(Cc1ccccc1)C(=O)O. The molecule has 0 radical (unpaired) electrons. The molecule has 2 aromatic carbocycles. The van der Waals surface area contributed by atoms with Gasteiger partial charge in [-0.1, -0.05) is 48.5 Å². The van der Waals surface area contributed by atoms with Gasteiger partial charge in [0.25, 0.3) is 0 Å². The summed E-state index contributed by atoms with van der Waals surface area (Å²) in [6.45, 7) is 1.50. The number of carboxylic acid groups (broad SMARTS) is 1. The van der Waals surface area contributed by atoms with E-state index in [0.717, 1.165) is 22.0 Å². The van der Waals surface area contributed by atoms with Crippen molar-refractivity contribution < 1.29 is 24.3 Å². The van der Waals surface area contributed by atoms with E-state index in [9.17, 15) is 24.3 Å². The first-order valence-electron chi connectivity index (χ1n) is 13.2. The van der Waals surface area contributed by atoms with Crippen LogP contribution in [0.4, 0.5) is 0 Å². The minimum atomic E-state index is -1.23. The number of carboxylic acids is 1. The maximum atomic E-state index is 13.6. The Morgan fingerprint density at radius 2 is 1.46 bits per heavy atom. The summed E-state index contributed by atoms with van der Waals surface area (Å²) in [5.74, 6) is -3.07. The number of hydrogen-bond acceptors (Lipinski definition) is 6. The predicted molar refractivity (Wildman–Crippen MR) is 152 cm³/mol. The zero-order valence-corrected chi connectivity index (χ0v) is 22.5. The third kappa shape index (κ3) is 7.79. The molecule has 0 aliphatic heterocycles. The first-order valence-corrected chi connectivity index (χ1v) is 13.2. The van der Waals surface area contributed by atoms with Crippen molar-refractivity contribution in [1.29, 1.82) is 0 Å². The third-order valence-corrected chi connectivity index (χ3v) is 6.65. The number of carbonyl (C=O) groups excluding carboxylic acids is 3. The summed E-state index contributed by atoms with van der Waals surface area (Å²) >= 11 is 0. The first kappa shape index (κ1) is 29.0. The molecule has 0 fully saturated rings. The van der Waals surface area contributed by atoms with E-state index in [4.69, 9.17) is 5.73 Å². The van der Waals surface area contributed by atoms with Crippen LogP contribution >= 0.6 is 0 Å². The average Bonchev–Trinajstić information content (AvgIpc) is 3.62. The molecule has 0 saturated carbocycles. The normalized spacial score (nSPS) is 14.0. The summed E-state index contributed by atoms with van der Waals surface area (Å²) in [6.07, 6.45) is 4.89. The quantitative estimate of drug-likeness (QED) is 0.126. The second-order valence-corrected chi connectivity index (χ2v) is 9.84. The van der Waals surface area contributed by atoms with E-state index >= 15 is 0 Å². The Hall–Kier alpha value is -4.97. The van der Waals surface area contributed by atoms with Gasteiger partial charge in [-0.15, -0.1) is 0 Å². The number of fused-ring (bicyclic) bond motifs is 1. The molecule has 0 aliphatic carbocycles. The van der Waals surface area contributed by atoms with Crippen LogP contribution in [0.2, 0.25) is 0 Å². The number of imidazole rings is 1. The highest BCUT2D eigenvalue weighted by molar-refractivity contribution is 5.95. The molecule has 4 atom stereocenters. The van der Waals surface area contributed by atoms with E-state index in [1.807, 2.05) is 30.3 Å². The van der Waals surface area contributed by atoms with Gasteiger partial charge in [-0.05, 0) is 24.1 Å². The van der Waals surface area contributed by atoms with Crippen molar-refractivity contribution in [3.05, 3.63) is 90.1 Å². The molecule has 8 N–H and O–H groups in total. The molecule has 12 heteroatoms. The minimum absolute atomic E-state index is 0.0102. The van der Waals surface area contributed by atoms with Crippen molar-refractivity contribution >= 4 is 34.6 Å². The molecule has 4 unspecified atom stereocenters. The average molecular weight is 560 g/mol. The van der Waals surface area contributed by atoms with E-state index in [1.54, 1.807) is 30.5 Å². The number of amides is 3. The topological polar surface area (TPSA) is 195 Å². The Morgan fingerprint density at radius 3 is 2.12 bits per heavy atom. The molecule has 214 valence electrons. The van der Waals surface area contributed by atoms with Gasteiger partial charge in [-0.3, -0.25) is 14.4 Å². The molecule has 0 aliphatic rings. The van der Waals surface area contributed by atoms with Crippen LogP contribution in [0.5, 0.6) is 0 Å². The fraction of sp³-hybridized carbons (Fsp3) is 0.276. The van der Waals surface area contributed by atoms with Gasteiger partial charge in [-0.25, -0.2) is 9.78 Å². The highest BCUT2D eigenvalue weighted by Crippen LogP contribution is 2.19. The fourth-order valence-electron chi connectivity index (χ4n) is 4.45. The number of aromatic nitrogens is 3. The maximum absolute atomic E-state index is 13.6. The van der Waals surface area contributed by atoms with Crippen LogP contribution in [0.25, 0.3) is 10.9 Å². The van der Waals surface area contributed by atoms with Gasteiger partial charge in [0.05, 0.1) is 12.4 Å². The van der Waals surface area contributed by atoms with E-state index < -0.39 is 47.9 Å². The zero-order valence-electron chi connectivity index (χ0n) is 22.5. The van der Waals surface area contributed by atoms with Crippen molar-refractivity contribution in [2.24, 2.45) is 5.73 Å². The Labute approximate surface area is 236 Å². The first-order chi connectivity index (χ1) is 19.7. The van der Waals surface area contributed by atoms with E-state index in [2.05, 4.69) is 30.9 Å². The second kappa shape index (κ2) is 13.4. The van der Waals surface area contributed by atoms with Gasteiger partial charge in [0.2, 0.25) is 17.7 Å². The minimum Gasteiger partial charge on any atom is -0.480 e. The third-order valence-electron chi connectivity index (χ3n) is 6.65. The fourth-order valence-corrected chi connectivity index (χ4v) is 4.45. The van der Waals surface area contributed by atoms with Crippen LogP contribution in [0, 0.1) is 0 Å². The van der Waals surface area contributed by atoms with Gasteiger partial charge < -0.3 is 36.8 Å². The van der Waals surface area contributed by atoms with Crippen molar-refractivity contribution in [1.82, 2.24) is 30.9 Å². The van der Waals surface area contributed by atoms with Gasteiger partial charge in [0.1, 0.15) is 18.1 Å². The number of aromatic amines is 2. The zero-order chi connectivity index (χ0) is 29.4. The van der Waals surface area contributed by atoms with Gasteiger partial charge in [0, 0.05) is 48.3 Å². The summed E-state index contributed by atoms with van der Waals surface area (Å²) in [5, 5.41) is 18.6. The number of carbonyl (C=O) groups is 4. The molecular formula is C29H33N7O5. The van der Waals surface area contributed by atoms with Crippen LogP contribution in [0.1, 0.15) is 23.7 Å². The number of nitrogens with two attached hydrogens (primary N) is 1. The molecule has 4 aromatic rings. The van der Waals surface area contributed by atoms with Crippen LogP contribution < -0.4 is 21.7 Å². The number of aliphatic carboxylic acids is 1. The van der Waals surface area contributed by atoms with E-state index in [-0.39, 0.29) is 19.3 Å². The standard InChI is InChI=1S/C29H33N7O5/c1-17(30)26(37)34-23(12-19-14-32-22-10-6-5-9-21(19)22)27(38)35-24(13-20-15-31-16-33-20)28(39)36-25(29(40)41)11-18-7-3-2-4-8-18/h2-10,14-17,23-25,32H,11-13,30H2,1H3,(H,31,33)(H,34,37)(H,35,38)(H,36,39)(H,40,41). The highest BCUT2D eigenvalue weighted by Gasteiger charge is 2.31. The lowest BCUT2D eigenvalue weighted by Crippen LogP contribution is -2.58. The smallest absolute Gasteiger partial charge is 0.326 e. The summed E-state index contributed by atoms with van der Waals surface area (Å²) in [6, 6.07) is 12.1. The van der Waals surface area contributed by atoms with Crippen molar-refractivity contribution in [3.8, 4) is 0 Å². The molecule has 0 spiro atoms. The van der Waals surface area contributed by atoms with E-state index in [1.165, 1.54) is 19.4 Å². The number of hydrogen-bond donors (Lipinski definition) is 7. The van der Waals surface area contributed by atoms with Crippen LogP contribution in [-0.2, 0) is 38.4 Å². The number of rotatable bonds is 13. The number of nitrogens with zero attached hydrogens (tertiary/aromatic N) is 1. The summed E-state index contributed by atoms with van der Waals surface area (Å²) in [4.78, 5) is 61.6. The van der Waals surface area contributed by atoms with Gasteiger partial charge in [0.15, 0.2) is 0 Å². The van der Waals surface area contributed by atoms with Gasteiger partial charge in [-0.2, -0.15) is 0 Å². The molecule has 4 rings (SSSR count). The predicted octanol–water partition coefficient (Wildman–Crippen LogP) is 0.805. The molecular weight excluding hydrogens is 526 g/mol. The maximum Gasteiger partial charge on any atom is 0.326 e. The monoisotopic (exact) mass is 559 g/mol. The highest BCUT2D eigenvalue weighted by atomic mass is 16.4. The van der Waals surface area contributed by atoms with Crippen LogP contribution in [-0.4, -0.2) is 67.9 Å². The van der Waals surface area contributed by atoms with Gasteiger partial charge >= 0.3 is 5.97 Å². The van der Waals surface area contributed by atoms with E-state index in [0.29, 0.717) is 5.69 Å². The number of H-pyrrole nitrogens is 2. The Morgan fingerprint density at radius 1 is 0.829 bits per heavy atom. The van der Waals surface area contributed by atoms with Crippen molar-refractivity contribution in [3.63, 3.8) is 0 Å². The number of benzene rings is 2. The molecule has 41 heavy (non-hydrogen) atoms. The lowest BCUT2D eigenvalue weighted by Gasteiger charge is -2.25. The Bertz CT molecular complexity index is 1480. The lowest BCUT2D eigenvalue weighted by molar-refractivity contribution is -0.142. The molecule has 0 bridgehead atoms. The van der Waals surface area contributed by atoms with Crippen LogP contribution in [0.3, 0.4) is 0 Å². The summed E-state index contributed by atoms with van der Waals surface area (Å²) in [7, 11) is 0. The number of nitrogens with one attached hydrogen (secondary N) is 5. The number of para-hydroxylation sites is 1. The Balaban J connectivity index is 1.56. The second-order valence-electron chi connectivity index (χ2n) is 9.84. The molecule has 2 aromatic heterocycles. The molecule has 2 heterocycles. The van der Waals surface area contributed by atoms with Crippen molar-refractivity contribution in [2.75, 3.05) is 0 Å². The molecule has 0 saturated heterocycles. The molecule has 3 amide bonds. The largest absolute Gasteiger partial charge is 0.480 e. The summed E-state index contributed by atoms with van der Waals surface area (Å²) < 4.78 is 0. The summed E-state index contributed by atoms with van der Waals surface area (Å²) in [5.41, 5.74) is 8.69. The van der Waals surface area contributed by atoms with Crippen LogP contribution in [0.15, 0.2) is 73.3 Å². The molecule has 12 nitrogen and oxygen atoms in total. The Kier molecular flexibility index (Phi) is 9.48. The van der Waals surface area contributed by atoms with Crippen molar-refractivity contribution in [2.45, 2.75) is 50.4 Å².